The van der Waals surface area contributed by atoms with Crippen LogP contribution in [0.2, 0.25) is 0 Å². The van der Waals surface area contributed by atoms with Crippen molar-refractivity contribution in [2.24, 2.45) is 0 Å². The Morgan fingerprint density at radius 2 is 1.73 bits per heavy atom. The molecule has 0 saturated carbocycles. The van der Waals surface area contributed by atoms with Crippen LogP contribution in [0.25, 0.3) is 0 Å². The van der Waals surface area contributed by atoms with Gasteiger partial charge in [0.1, 0.15) is 0 Å². The standard InChI is InChI=1S/C6H14O.C3H7Cl/c1-4-6(3)7-5-2;1-2-3-4/h6H,4-5H2,1-3H3;2-3H2,1H3. The third-order valence-electron chi connectivity index (χ3n) is 1.22. The molecule has 0 aliphatic rings. The minimum Gasteiger partial charge on any atom is -0.379 e. The van der Waals surface area contributed by atoms with Gasteiger partial charge in [-0.15, -0.1) is 11.6 Å². The minimum atomic E-state index is 0.449. The van der Waals surface area contributed by atoms with Gasteiger partial charge >= 0.3 is 0 Å². The van der Waals surface area contributed by atoms with E-state index in [0.717, 1.165) is 25.3 Å². The maximum atomic E-state index is 5.19. The first-order chi connectivity index (χ1) is 5.22. The monoisotopic (exact) mass is 180 g/mol. The molecule has 2 heteroatoms. The maximum Gasteiger partial charge on any atom is 0.0544 e. The molecule has 0 aliphatic heterocycles. The Labute approximate surface area is 76.1 Å². The van der Waals surface area contributed by atoms with Gasteiger partial charge in [-0.2, -0.15) is 0 Å². The molecule has 0 rings (SSSR count). The number of hydrogen-bond acceptors (Lipinski definition) is 1. The second-order valence-corrected chi connectivity index (χ2v) is 2.74. The lowest BCUT2D eigenvalue weighted by molar-refractivity contribution is 0.0739. The average Bonchev–Trinajstić information content (AvgIpc) is 2.05. The third kappa shape index (κ3) is 17.9. The van der Waals surface area contributed by atoms with E-state index in [-0.39, 0.29) is 0 Å². The lowest BCUT2D eigenvalue weighted by atomic mass is 10.3. The Kier molecular flexibility index (Phi) is 16.2. The van der Waals surface area contributed by atoms with E-state index in [1.54, 1.807) is 0 Å². The van der Waals surface area contributed by atoms with Crippen molar-refractivity contribution in [1.82, 2.24) is 0 Å². The van der Waals surface area contributed by atoms with Gasteiger partial charge in [0.25, 0.3) is 0 Å². The molecule has 1 atom stereocenters. The summed E-state index contributed by atoms with van der Waals surface area (Å²) in [5, 5.41) is 0. The summed E-state index contributed by atoms with van der Waals surface area (Å²) in [5.41, 5.74) is 0. The third-order valence-corrected chi connectivity index (χ3v) is 1.59. The molecule has 0 aromatic heterocycles. The van der Waals surface area contributed by atoms with Gasteiger partial charge in [-0.1, -0.05) is 13.8 Å². The van der Waals surface area contributed by atoms with E-state index < -0.39 is 0 Å². The molecule has 0 aliphatic carbocycles. The van der Waals surface area contributed by atoms with E-state index in [4.69, 9.17) is 16.3 Å². The Morgan fingerprint density at radius 1 is 1.27 bits per heavy atom. The fourth-order valence-electron chi connectivity index (χ4n) is 0.402. The first-order valence-electron chi connectivity index (χ1n) is 4.40. The Hall–Kier alpha value is 0.250. The smallest absolute Gasteiger partial charge is 0.0544 e. The molecular weight excluding hydrogens is 160 g/mol. The normalized spacial score (nSPS) is 11.7. The van der Waals surface area contributed by atoms with Crippen molar-refractivity contribution in [2.75, 3.05) is 12.5 Å². The summed E-state index contributed by atoms with van der Waals surface area (Å²) >= 11 is 5.19. The zero-order chi connectivity index (χ0) is 9.11. The Bertz CT molecular complexity index is 55.5. The van der Waals surface area contributed by atoms with Crippen LogP contribution in [-0.2, 0) is 4.74 Å². The molecule has 0 heterocycles. The molecule has 0 saturated heterocycles. The molecule has 0 radical (unpaired) electrons. The molecule has 11 heavy (non-hydrogen) atoms. The van der Waals surface area contributed by atoms with Crippen LogP contribution >= 0.6 is 11.6 Å². The molecule has 70 valence electrons. The van der Waals surface area contributed by atoms with Crippen LogP contribution < -0.4 is 0 Å². The molecule has 0 amide bonds. The topological polar surface area (TPSA) is 9.23 Å². The predicted molar refractivity (Wildman–Crippen MR) is 52.4 cm³/mol. The number of alkyl halides is 1. The number of ether oxygens (including phenoxy) is 1. The van der Waals surface area contributed by atoms with Gasteiger partial charge in [-0.25, -0.2) is 0 Å². The molecule has 0 aromatic rings. The highest BCUT2D eigenvalue weighted by Gasteiger charge is 1.91. The second kappa shape index (κ2) is 12.9. The summed E-state index contributed by atoms with van der Waals surface area (Å²) < 4.78 is 5.19. The highest BCUT2D eigenvalue weighted by molar-refractivity contribution is 6.17. The van der Waals surface area contributed by atoms with E-state index in [0.29, 0.717) is 6.10 Å². The molecule has 0 spiro atoms. The Morgan fingerprint density at radius 3 is 1.82 bits per heavy atom. The summed E-state index contributed by atoms with van der Waals surface area (Å²) in [6.45, 7) is 9.12. The van der Waals surface area contributed by atoms with E-state index >= 15 is 0 Å². The molecule has 0 aromatic carbocycles. The molecule has 0 bridgehead atoms. The van der Waals surface area contributed by atoms with Crippen molar-refractivity contribution < 1.29 is 4.74 Å². The van der Waals surface area contributed by atoms with Crippen molar-refractivity contribution in [3.63, 3.8) is 0 Å². The number of rotatable bonds is 4. The quantitative estimate of drug-likeness (QED) is 0.603. The van der Waals surface area contributed by atoms with Crippen LogP contribution in [0.3, 0.4) is 0 Å². The van der Waals surface area contributed by atoms with Gasteiger partial charge in [0.2, 0.25) is 0 Å². The van der Waals surface area contributed by atoms with Gasteiger partial charge in [0, 0.05) is 12.5 Å². The van der Waals surface area contributed by atoms with E-state index in [2.05, 4.69) is 13.8 Å². The molecular formula is C9H21ClO. The molecule has 0 fully saturated rings. The fourth-order valence-corrected chi connectivity index (χ4v) is 0.402. The highest BCUT2D eigenvalue weighted by Crippen LogP contribution is 1.92. The molecule has 1 unspecified atom stereocenters. The van der Waals surface area contributed by atoms with Crippen molar-refractivity contribution in [1.29, 1.82) is 0 Å². The second-order valence-electron chi connectivity index (χ2n) is 2.36. The van der Waals surface area contributed by atoms with Gasteiger partial charge in [-0.05, 0) is 26.7 Å². The number of hydrogen-bond donors (Lipinski definition) is 0. The highest BCUT2D eigenvalue weighted by atomic mass is 35.5. The zero-order valence-corrected chi connectivity index (χ0v) is 8.95. The fraction of sp³-hybridized carbons (Fsp3) is 1.00. The van der Waals surface area contributed by atoms with Crippen LogP contribution in [0.5, 0.6) is 0 Å². The summed E-state index contributed by atoms with van der Waals surface area (Å²) in [5.74, 6) is 0.792. The first-order valence-corrected chi connectivity index (χ1v) is 4.93. The van der Waals surface area contributed by atoms with E-state index in [9.17, 15) is 0 Å². The van der Waals surface area contributed by atoms with Crippen LogP contribution in [-0.4, -0.2) is 18.6 Å². The summed E-state index contributed by atoms with van der Waals surface area (Å²) in [6, 6.07) is 0. The van der Waals surface area contributed by atoms with Crippen molar-refractivity contribution in [3.8, 4) is 0 Å². The van der Waals surface area contributed by atoms with E-state index in [1.807, 2.05) is 13.8 Å². The van der Waals surface area contributed by atoms with E-state index in [1.165, 1.54) is 0 Å². The SMILES string of the molecule is CCCCl.CCOC(C)CC. The molecule has 1 nitrogen and oxygen atoms in total. The van der Waals surface area contributed by atoms with Crippen LogP contribution in [0.4, 0.5) is 0 Å². The van der Waals surface area contributed by atoms with Crippen LogP contribution in [0.15, 0.2) is 0 Å². The minimum absolute atomic E-state index is 0.449. The van der Waals surface area contributed by atoms with Crippen molar-refractivity contribution in [2.45, 2.75) is 46.6 Å². The first kappa shape index (κ1) is 13.8. The molecule has 0 N–H and O–H groups in total. The van der Waals surface area contributed by atoms with Gasteiger partial charge in [0.05, 0.1) is 6.10 Å². The largest absolute Gasteiger partial charge is 0.379 e. The zero-order valence-electron chi connectivity index (χ0n) is 8.19. The number of halogens is 1. The lowest BCUT2D eigenvalue weighted by Crippen LogP contribution is -2.04. The Balaban J connectivity index is 0. The van der Waals surface area contributed by atoms with Gasteiger partial charge < -0.3 is 4.74 Å². The summed E-state index contributed by atoms with van der Waals surface area (Å²) in [6.07, 6.45) is 2.65. The van der Waals surface area contributed by atoms with Crippen molar-refractivity contribution >= 4 is 11.6 Å². The van der Waals surface area contributed by atoms with Gasteiger partial charge in [0.15, 0.2) is 0 Å². The van der Waals surface area contributed by atoms with Crippen LogP contribution in [0.1, 0.15) is 40.5 Å². The average molecular weight is 181 g/mol. The summed E-state index contributed by atoms with van der Waals surface area (Å²) in [4.78, 5) is 0. The predicted octanol–water partition coefficient (Wildman–Crippen LogP) is 3.46. The van der Waals surface area contributed by atoms with Crippen molar-refractivity contribution in [3.05, 3.63) is 0 Å². The summed E-state index contributed by atoms with van der Waals surface area (Å²) in [7, 11) is 0. The van der Waals surface area contributed by atoms with Gasteiger partial charge in [-0.3, -0.25) is 0 Å². The maximum absolute atomic E-state index is 5.19. The lowest BCUT2D eigenvalue weighted by Gasteiger charge is -2.05. The van der Waals surface area contributed by atoms with Crippen LogP contribution in [0, 0.1) is 0 Å².